The highest BCUT2D eigenvalue weighted by Crippen LogP contribution is 2.46. The minimum atomic E-state index is -0.856. The first-order valence-corrected chi connectivity index (χ1v) is 11.3. The zero-order chi connectivity index (χ0) is 23.6. The maximum absolute atomic E-state index is 12.7. The average Bonchev–Trinajstić information content (AvgIpc) is 3.16. The van der Waals surface area contributed by atoms with Crippen LogP contribution in [0.25, 0.3) is 11.1 Å². The number of carbonyl (C=O) groups is 2. The van der Waals surface area contributed by atoms with Crippen LogP contribution < -0.4 is 19.5 Å². The number of benzene rings is 2. The van der Waals surface area contributed by atoms with Gasteiger partial charge < -0.3 is 24.3 Å². The largest absolute Gasteiger partial charge is 0.493 e. The summed E-state index contributed by atoms with van der Waals surface area (Å²) in [6, 6.07) is 9.30. The van der Waals surface area contributed by atoms with E-state index >= 15 is 0 Å². The Balaban J connectivity index is 1.64. The number of ether oxygens (including phenoxy) is 4. The molecule has 7 nitrogen and oxygen atoms in total. The summed E-state index contributed by atoms with van der Waals surface area (Å²) in [6.45, 7) is 4.62. The molecule has 2 aliphatic rings. The number of nitrogens with one attached hydrogen (secondary N) is 1. The highest BCUT2D eigenvalue weighted by molar-refractivity contribution is 6.01. The fourth-order valence-electron chi connectivity index (χ4n) is 4.12. The molecule has 2 aromatic rings. The molecule has 0 radical (unpaired) electrons. The lowest BCUT2D eigenvalue weighted by atomic mass is 9.86. The van der Waals surface area contributed by atoms with Crippen LogP contribution in [0.2, 0.25) is 0 Å². The number of amides is 1. The second-order valence-electron chi connectivity index (χ2n) is 9.26. The quantitative estimate of drug-likeness (QED) is 0.568. The number of fused-ring (bicyclic) bond motifs is 1. The van der Waals surface area contributed by atoms with E-state index in [0.29, 0.717) is 41.9 Å². The molecule has 1 amide bonds. The number of methoxy groups -OCH3 is 2. The Kier molecular flexibility index (Phi) is 6.49. The van der Waals surface area contributed by atoms with Gasteiger partial charge in [0.25, 0.3) is 5.91 Å². The topological polar surface area (TPSA) is 83.1 Å². The minimum Gasteiger partial charge on any atom is -0.493 e. The van der Waals surface area contributed by atoms with Gasteiger partial charge in [0, 0.05) is 17.7 Å². The van der Waals surface area contributed by atoms with Gasteiger partial charge in [0.2, 0.25) is 5.75 Å². The van der Waals surface area contributed by atoms with Crippen molar-refractivity contribution in [2.45, 2.75) is 39.7 Å². The van der Waals surface area contributed by atoms with Crippen LogP contribution in [-0.4, -0.2) is 39.3 Å². The van der Waals surface area contributed by atoms with E-state index in [-0.39, 0.29) is 18.5 Å². The van der Waals surface area contributed by atoms with Gasteiger partial charge in [0.1, 0.15) is 6.61 Å². The first kappa shape index (κ1) is 23.0. The summed E-state index contributed by atoms with van der Waals surface area (Å²) in [4.78, 5) is 24.9. The third-order valence-electron chi connectivity index (χ3n) is 6.44. The number of hydrogen-bond donors (Lipinski definition) is 1. The molecule has 1 aliphatic heterocycles. The van der Waals surface area contributed by atoms with E-state index in [2.05, 4.69) is 5.32 Å². The van der Waals surface area contributed by atoms with Gasteiger partial charge in [-0.15, -0.1) is 0 Å². The van der Waals surface area contributed by atoms with Crippen molar-refractivity contribution >= 4 is 11.9 Å². The molecule has 0 atom stereocenters. The van der Waals surface area contributed by atoms with Crippen molar-refractivity contribution in [3.8, 4) is 28.4 Å². The van der Waals surface area contributed by atoms with E-state index in [4.69, 9.17) is 18.9 Å². The summed E-state index contributed by atoms with van der Waals surface area (Å²) in [6.07, 6.45) is 3.44. The Morgan fingerprint density at radius 3 is 2.45 bits per heavy atom. The van der Waals surface area contributed by atoms with Gasteiger partial charge >= 0.3 is 5.97 Å². The standard InChI is InChI=1S/C26H31NO6/c1-26(2,25(29)32-14-16-7-5-8-16)15-33-22-18(11-12-21(30-3)23(22)31-4)17-9-6-10-19-20(17)13-27-24(19)28/h6,9-12,16H,5,7-8,13-15H2,1-4H3,(H,27,28). The van der Waals surface area contributed by atoms with Gasteiger partial charge in [-0.3, -0.25) is 9.59 Å². The van der Waals surface area contributed by atoms with E-state index < -0.39 is 5.41 Å². The molecule has 1 fully saturated rings. The van der Waals surface area contributed by atoms with Crippen LogP contribution in [-0.2, 0) is 16.1 Å². The number of hydrogen-bond acceptors (Lipinski definition) is 6. The van der Waals surface area contributed by atoms with Crippen LogP contribution in [0.3, 0.4) is 0 Å². The number of carbonyl (C=O) groups excluding carboxylic acids is 2. The second-order valence-corrected chi connectivity index (χ2v) is 9.26. The lowest BCUT2D eigenvalue weighted by molar-refractivity contribution is -0.157. The normalized spacial score (nSPS) is 15.3. The van der Waals surface area contributed by atoms with Gasteiger partial charge in [0.05, 0.1) is 26.2 Å². The van der Waals surface area contributed by atoms with Crippen molar-refractivity contribution in [1.82, 2.24) is 5.32 Å². The molecule has 0 spiro atoms. The van der Waals surface area contributed by atoms with Gasteiger partial charge in [-0.05, 0) is 61.9 Å². The Labute approximate surface area is 194 Å². The van der Waals surface area contributed by atoms with Gasteiger partial charge in [-0.1, -0.05) is 18.6 Å². The molecular formula is C26H31NO6. The molecule has 0 saturated heterocycles. The highest BCUT2D eigenvalue weighted by atomic mass is 16.5. The van der Waals surface area contributed by atoms with Crippen molar-refractivity contribution in [3.05, 3.63) is 41.5 Å². The second kappa shape index (κ2) is 9.33. The van der Waals surface area contributed by atoms with Crippen LogP contribution in [0, 0.1) is 11.3 Å². The van der Waals surface area contributed by atoms with E-state index in [9.17, 15) is 9.59 Å². The predicted molar refractivity (Wildman–Crippen MR) is 124 cm³/mol. The maximum Gasteiger partial charge on any atom is 0.314 e. The summed E-state index contributed by atoms with van der Waals surface area (Å²) in [7, 11) is 3.11. The number of esters is 1. The summed E-state index contributed by atoms with van der Waals surface area (Å²) < 4.78 is 23.0. The third-order valence-corrected chi connectivity index (χ3v) is 6.44. The monoisotopic (exact) mass is 453 g/mol. The lowest BCUT2D eigenvalue weighted by Crippen LogP contribution is -2.34. The molecule has 33 heavy (non-hydrogen) atoms. The molecule has 7 heteroatoms. The Hall–Kier alpha value is -3.22. The zero-order valence-electron chi connectivity index (χ0n) is 19.7. The van der Waals surface area contributed by atoms with Crippen molar-refractivity contribution < 1.29 is 28.5 Å². The summed E-state index contributed by atoms with van der Waals surface area (Å²) >= 11 is 0. The van der Waals surface area contributed by atoms with Gasteiger partial charge in [0.15, 0.2) is 11.5 Å². The van der Waals surface area contributed by atoms with Crippen molar-refractivity contribution in [2.24, 2.45) is 11.3 Å². The van der Waals surface area contributed by atoms with E-state index in [1.54, 1.807) is 14.2 Å². The smallest absolute Gasteiger partial charge is 0.314 e. The van der Waals surface area contributed by atoms with E-state index in [0.717, 1.165) is 29.5 Å². The fourth-order valence-corrected chi connectivity index (χ4v) is 4.12. The zero-order valence-corrected chi connectivity index (χ0v) is 19.7. The fraction of sp³-hybridized carbons (Fsp3) is 0.462. The van der Waals surface area contributed by atoms with Crippen LogP contribution in [0.15, 0.2) is 30.3 Å². The summed E-state index contributed by atoms with van der Waals surface area (Å²) in [5.41, 5.74) is 2.32. The van der Waals surface area contributed by atoms with Gasteiger partial charge in [-0.2, -0.15) is 0 Å². The molecule has 0 bridgehead atoms. The molecule has 4 rings (SSSR count). The van der Waals surface area contributed by atoms with Crippen LogP contribution in [0.5, 0.6) is 17.2 Å². The predicted octanol–water partition coefficient (Wildman–Crippen LogP) is 4.36. The molecule has 1 saturated carbocycles. The van der Waals surface area contributed by atoms with Crippen LogP contribution in [0.4, 0.5) is 0 Å². The Morgan fingerprint density at radius 2 is 1.79 bits per heavy atom. The first-order valence-electron chi connectivity index (χ1n) is 11.3. The molecule has 176 valence electrons. The lowest BCUT2D eigenvalue weighted by Gasteiger charge is -2.28. The van der Waals surface area contributed by atoms with Crippen LogP contribution in [0.1, 0.15) is 49.0 Å². The molecule has 1 N–H and O–H groups in total. The van der Waals surface area contributed by atoms with Crippen molar-refractivity contribution in [3.63, 3.8) is 0 Å². The molecular weight excluding hydrogens is 422 g/mol. The molecule has 2 aromatic carbocycles. The van der Waals surface area contributed by atoms with E-state index in [1.807, 2.05) is 44.2 Å². The van der Waals surface area contributed by atoms with E-state index in [1.165, 1.54) is 6.42 Å². The minimum absolute atomic E-state index is 0.0925. The van der Waals surface area contributed by atoms with Crippen molar-refractivity contribution in [2.75, 3.05) is 27.4 Å². The molecule has 0 aromatic heterocycles. The Bertz CT molecular complexity index is 1060. The maximum atomic E-state index is 12.7. The van der Waals surface area contributed by atoms with Crippen molar-refractivity contribution in [1.29, 1.82) is 0 Å². The third kappa shape index (κ3) is 4.49. The van der Waals surface area contributed by atoms with Crippen LogP contribution >= 0.6 is 0 Å². The molecule has 0 unspecified atom stereocenters. The number of rotatable bonds is 9. The molecule has 1 aliphatic carbocycles. The summed E-state index contributed by atoms with van der Waals surface area (Å²) in [5, 5.41) is 2.87. The first-order chi connectivity index (χ1) is 15.9. The van der Waals surface area contributed by atoms with Gasteiger partial charge in [-0.25, -0.2) is 0 Å². The SMILES string of the molecule is COc1ccc(-c2cccc3c2CNC3=O)c(OCC(C)(C)C(=O)OCC2CCC2)c1OC. The average molecular weight is 454 g/mol. The summed E-state index contributed by atoms with van der Waals surface area (Å²) in [5.74, 6) is 1.52. The Morgan fingerprint density at radius 1 is 1.03 bits per heavy atom. The highest BCUT2D eigenvalue weighted by Gasteiger charge is 2.33. The molecule has 1 heterocycles.